The summed E-state index contributed by atoms with van der Waals surface area (Å²) in [6, 6.07) is 6.21. The third-order valence-electron chi connectivity index (χ3n) is 5.30. The number of hydrogen-bond acceptors (Lipinski definition) is 5. The zero-order valence-electron chi connectivity index (χ0n) is 16.7. The summed E-state index contributed by atoms with van der Waals surface area (Å²) in [6.07, 6.45) is 5.83. The van der Waals surface area contributed by atoms with E-state index in [4.69, 9.17) is 5.26 Å². The number of rotatable bonds is 8. The fraction of sp³-hybridized carbons (Fsp3) is 0.524. The Morgan fingerprint density at radius 3 is 2.75 bits per heavy atom. The Kier molecular flexibility index (Phi) is 6.64. The van der Waals surface area contributed by atoms with Crippen molar-refractivity contribution in [1.82, 2.24) is 20.1 Å². The fourth-order valence-electron chi connectivity index (χ4n) is 3.65. The molecule has 2 aromatic rings. The van der Waals surface area contributed by atoms with Gasteiger partial charge in [-0.25, -0.2) is 4.98 Å². The molecule has 3 rings (SSSR count). The maximum absolute atomic E-state index is 12.3. The lowest BCUT2D eigenvalue weighted by molar-refractivity contribution is -0.121. The van der Waals surface area contributed by atoms with Crippen molar-refractivity contribution in [1.29, 1.82) is 5.26 Å². The quantitative estimate of drug-likeness (QED) is 0.761. The first-order chi connectivity index (χ1) is 13.6. The maximum atomic E-state index is 12.3. The Labute approximate surface area is 166 Å². The van der Waals surface area contributed by atoms with Crippen molar-refractivity contribution in [2.24, 2.45) is 0 Å². The van der Waals surface area contributed by atoms with Crippen molar-refractivity contribution in [3.63, 3.8) is 0 Å². The van der Waals surface area contributed by atoms with Crippen molar-refractivity contribution < 1.29 is 4.79 Å². The molecule has 0 aliphatic carbocycles. The van der Waals surface area contributed by atoms with Crippen LogP contribution in [0.15, 0.2) is 18.3 Å². The lowest BCUT2D eigenvalue weighted by Crippen LogP contribution is -2.23. The number of pyridine rings is 1. The van der Waals surface area contributed by atoms with Crippen LogP contribution in [0.3, 0.4) is 0 Å². The van der Waals surface area contributed by atoms with E-state index in [9.17, 15) is 4.79 Å². The monoisotopic (exact) mass is 380 g/mol. The summed E-state index contributed by atoms with van der Waals surface area (Å²) in [5.74, 6) is 1.04. The molecular formula is C21H28N6O. The largest absolute Gasteiger partial charge is 0.357 e. The van der Waals surface area contributed by atoms with E-state index in [1.807, 2.05) is 36.9 Å². The Bertz CT molecular complexity index is 843. The highest BCUT2D eigenvalue weighted by atomic mass is 16.1. The Hall–Kier alpha value is -2.88. The smallest absolute Gasteiger partial charge is 0.220 e. The van der Waals surface area contributed by atoms with Crippen molar-refractivity contribution >= 4 is 11.7 Å². The van der Waals surface area contributed by atoms with E-state index in [0.717, 1.165) is 41.4 Å². The third kappa shape index (κ3) is 4.89. The molecule has 1 fully saturated rings. The zero-order chi connectivity index (χ0) is 19.9. The third-order valence-corrected chi connectivity index (χ3v) is 5.30. The molecule has 1 N–H and O–H groups in total. The van der Waals surface area contributed by atoms with Gasteiger partial charge in [-0.3, -0.25) is 9.48 Å². The molecule has 0 unspecified atom stereocenters. The van der Waals surface area contributed by atoms with E-state index in [2.05, 4.69) is 26.4 Å². The van der Waals surface area contributed by atoms with Gasteiger partial charge >= 0.3 is 0 Å². The average Bonchev–Trinajstić information content (AvgIpc) is 3.32. The summed E-state index contributed by atoms with van der Waals surface area (Å²) in [4.78, 5) is 19.1. The molecule has 2 aromatic heterocycles. The molecule has 0 aromatic carbocycles. The molecule has 0 bridgehead atoms. The van der Waals surface area contributed by atoms with E-state index in [1.54, 1.807) is 0 Å². The maximum Gasteiger partial charge on any atom is 0.220 e. The van der Waals surface area contributed by atoms with Gasteiger partial charge in [0, 0.05) is 37.9 Å². The van der Waals surface area contributed by atoms with Crippen LogP contribution in [0.25, 0.3) is 0 Å². The molecule has 1 amide bonds. The van der Waals surface area contributed by atoms with E-state index in [0.29, 0.717) is 32.4 Å². The van der Waals surface area contributed by atoms with Gasteiger partial charge in [-0.2, -0.15) is 10.4 Å². The van der Waals surface area contributed by atoms with Gasteiger partial charge in [-0.05, 0) is 50.3 Å². The molecule has 7 nitrogen and oxygen atoms in total. The molecule has 0 saturated carbocycles. The topological polar surface area (TPSA) is 86.8 Å². The first-order valence-corrected chi connectivity index (χ1v) is 9.95. The van der Waals surface area contributed by atoms with Gasteiger partial charge in [-0.15, -0.1) is 0 Å². The number of anilines is 1. The molecule has 0 spiro atoms. The van der Waals surface area contributed by atoms with Crippen LogP contribution in [-0.4, -0.2) is 33.8 Å². The molecule has 3 heterocycles. The minimum Gasteiger partial charge on any atom is -0.357 e. The van der Waals surface area contributed by atoms with Crippen LogP contribution in [0.1, 0.15) is 48.2 Å². The van der Waals surface area contributed by atoms with Crippen molar-refractivity contribution in [2.45, 2.75) is 59.0 Å². The van der Waals surface area contributed by atoms with Gasteiger partial charge in [0.1, 0.15) is 5.82 Å². The van der Waals surface area contributed by atoms with Crippen LogP contribution >= 0.6 is 0 Å². The van der Waals surface area contributed by atoms with Gasteiger partial charge in [0.05, 0.1) is 24.7 Å². The number of amides is 1. The highest BCUT2D eigenvalue weighted by Crippen LogP contribution is 2.18. The summed E-state index contributed by atoms with van der Waals surface area (Å²) < 4.78 is 1.86. The van der Waals surface area contributed by atoms with Gasteiger partial charge in [-0.1, -0.05) is 6.07 Å². The van der Waals surface area contributed by atoms with Crippen LogP contribution in [0.4, 0.5) is 5.82 Å². The fourth-order valence-corrected chi connectivity index (χ4v) is 3.65. The van der Waals surface area contributed by atoms with Crippen LogP contribution in [0, 0.1) is 25.2 Å². The number of nitrogens with zero attached hydrogens (tertiary/aromatic N) is 5. The summed E-state index contributed by atoms with van der Waals surface area (Å²) in [6.45, 7) is 7.19. The van der Waals surface area contributed by atoms with Gasteiger partial charge in [0.25, 0.3) is 0 Å². The van der Waals surface area contributed by atoms with E-state index >= 15 is 0 Å². The predicted octanol–water partition coefficient (Wildman–Crippen LogP) is 2.66. The predicted molar refractivity (Wildman–Crippen MR) is 108 cm³/mol. The van der Waals surface area contributed by atoms with Crippen LogP contribution in [0.5, 0.6) is 0 Å². The van der Waals surface area contributed by atoms with Crippen LogP contribution in [0.2, 0.25) is 0 Å². The minimum absolute atomic E-state index is 0.0206. The number of carbonyl (C=O) groups is 1. The van der Waals surface area contributed by atoms with Crippen molar-refractivity contribution in [3.05, 3.63) is 40.8 Å². The number of aryl methyl sites for hydroxylation is 2. The van der Waals surface area contributed by atoms with E-state index in [-0.39, 0.29) is 5.91 Å². The van der Waals surface area contributed by atoms with Gasteiger partial charge in [0.15, 0.2) is 0 Å². The normalized spacial score (nSPS) is 13.5. The summed E-state index contributed by atoms with van der Waals surface area (Å²) in [5.41, 5.74) is 4.09. The standard InChI is InChI=1S/C21H28N6O/c1-16-19(17(2)27(25-16)13-5-10-22)7-9-21(28)24-15-18-6-8-20(23-14-18)26-11-3-4-12-26/h6,8,14H,3-5,7,9,11-13,15H2,1-2H3,(H,24,28). The minimum atomic E-state index is 0.0206. The molecule has 0 atom stereocenters. The summed E-state index contributed by atoms with van der Waals surface area (Å²) >= 11 is 0. The lowest BCUT2D eigenvalue weighted by Gasteiger charge is -2.16. The second-order valence-corrected chi connectivity index (χ2v) is 7.28. The van der Waals surface area contributed by atoms with Gasteiger partial charge in [0.2, 0.25) is 5.91 Å². The first kappa shape index (κ1) is 19.9. The molecule has 1 saturated heterocycles. The second kappa shape index (κ2) is 9.36. The Morgan fingerprint density at radius 1 is 1.29 bits per heavy atom. The number of aromatic nitrogens is 3. The molecule has 1 aliphatic rings. The number of nitrogens with one attached hydrogen (secondary N) is 1. The first-order valence-electron chi connectivity index (χ1n) is 9.95. The molecule has 28 heavy (non-hydrogen) atoms. The highest BCUT2D eigenvalue weighted by molar-refractivity contribution is 5.76. The molecular weight excluding hydrogens is 352 g/mol. The van der Waals surface area contributed by atoms with Crippen LogP contribution < -0.4 is 10.2 Å². The highest BCUT2D eigenvalue weighted by Gasteiger charge is 2.14. The summed E-state index contributed by atoms with van der Waals surface area (Å²) in [5, 5.41) is 16.2. The number of nitriles is 1. The van der Waals surface area contributed by atoms with Crippen molar-refractivity contribution in [3.8, 4) is 6.07 Å². The van der Waals surface area contributed by atoms with E-state index in [1.165, 1.54) is 12.8 Å². The molecule has 0 radical (unpaired) electrons. The number of hydrogen-bond donors (Lipinski definition) is 1. The van der Waals surface area contributed by atoms with E-state index < -0.39 is 0 Å². The Balaban J connectivity index is 1.47. The summed E-state index contributed by atoms with van der Waals surface area (Å²) in [7, 11) is 0. The molecule has 148 valence electrons. The van der Waals surface area contributed by atoms with Crippen molar-refractivity contribution in [2.75, 3.05) is 18.0 Å². The SMILES string of the molecule is Cc1nn(CCC#N)c(C)c1CCC(=O)NCc1ccc(N2CCCC2)nc1. The zero-order valence-corrected chi connectivity index (χ0v) is 16.7. The molecule has 7 heteroatoms. The molecule has 1 aliphatic heterocycles. The van der Waals surface area contributed by atoms with Crippen LogP contribution in [-0.2, 0) is 24.3 Å². The number of carbonyl (C=O) groups excluding carboxylic acids is 1. The second-order valence-electron chi connectivity index (χ2n) is 7.28. The lowest BCUT2D eigenvalue weighted by atomic mass is 10.1. The average molecular weight is 380 g/mol. The Morgan fingerprint density at radius 2 is 2.07 bits per heavy atom. The van der Waals surface area contributed by atoms with Gasteiger partial charge < -0.3 is 10.2 Å².